The van der Waals surface area contributed by atoms with Crippen LogP contribution in [0.4, 0.5) is 0 Å². The minimum Gasteiger partial charge on any atom is -0.469 e. The van der Waals surface area contributed by atoms with E-state index in [0.29, 0.717) is 12.3 Å². The molecule has 0 spiro atoms. The average Bonchev–Trinajstić information content (AvgIpc) is 2.65. The molecule has 0 saturated carbocycles. The molecule has 0 aliphatic rings. The van der Waals surface area contributed by atoms with Gasteiger partial charge in [0.1, 0.15) is 0 Å². The van der Waals surface area contributed by atoms with Gasteiger partial charge in [0.15, 0.2) is 5.96 Å². The zero-order valence-electron chi connectivity index (χ0n) is 15.9. The van der Waals surface area contributed by atoms with E-state index in [1.165, 1.54) is 12.7 Å². The van der Waals surface area contributed by atoms with E-state index >= 15 is 0 Å². The Labute approximate surface area is 152 Å². The fraction of sp³-hybridized carbons (Fsp3) is 0.600. The Balaban J connectivity index is 2.25. The van der Waals surface area contributed by atoms with Crippen LogP contribution in [-0.4, -0.2) is 38.7 Å². The Morgan fingerprint density at radius 3 is 2.52 bits per heavy atom. The summed E-state index contributed by atoms with van der Waals surface area (Å²) < 4.78 is 4.64. The molecule has 0 amide bonds. The Morgan fingerprint density at radius 1 is 1.12 bits per heavy atom. The molecule has 0 bridgehead atoms. The first-order valence-electron chi connectivity index (χ1n) is 9.31. The molecule has 25 heavy (non-hydrogen) atoms. The summed E-state index contributed by atoms with van der Waals surface area (Å²) >= 11 is 0. The smallest absolute Gasteiger partial charge is 0.305 e. The van der Waals surface area contributed by atoms with Gasteiger partial charge in [-0.25, -0.2) is 0 Å². The van der Waals surface area contributed by atoms with Gasteiger partial charge in [0.25, 0.3) is 0 Å². The zero-order valence-corrected chi connectivity index (χ0v) is 15.9. The summed E-state index contributed by atoms with van der Waals surface area (Å²) in [7, 11) is 1.44. The third kappa shape index (κ3) is 9.75. The second-order valence-corrected chi connectivity index (χ2v) is 6.20. The lowest BCUT2D eigenvalue weighted by atomic mass is 10.0. The molecule has 2 N–H and O–H groups in total. The van der Waals surface area contributed by atoms with Crippen molar-refractivity contribution in [1.82, 2.24) is 10.6 Å². The van der Waals surface area contributed by atoms with Crippen molar-refractivity contribution in [3.63, 3.8) is 0 Å². The number of carbonyl (C=O) groups is 1. The quantitative estimate of drug-likeness (QED) is 0.278. The molecule has 0 heterocycles. The van der Waals surface area contributed by atoms with Crippen LogP contribution in [0.2, 0.25) is 0 Å². The fourth-order valence-corrected chi connectivity index (χ4v) is 2.51. The number of nitrogens with zero attached hydrogens (tertiary/aromatic N) is 1. The highest BCUT2D eigenvalue weighted by Gasteiger charge is 2.05. The molecular weight excluding hydrogens is 314 g/mol. The van der Waals surface area contributed by atoms with E-state index in [9.17, 15) is 4.79 Å². The molecule has 5 nitrogen and oxygen atoms in total. The molecule has 5 heteroatoms. The first kappa shape index (κ1) is 21.0. The second kappa shape index (κ2) is 13.3. The summed E-state index contributed by atoms with van der Waals surface area (Å²) in [5.74, 6) is 1.15. The van der Waals surface area contributed by atoms with Gasteiger partial charge in [-0.3, -0.25) is 9.79 Å². The maximum Gasteiger partial charge on any atom is 0.305 e. The molecule has 0 saturated heterocycles. The molecule has 1 aromatic rings. The van der Waals surface area contributed by atoms with Gasteiger partial charge < -0.3 is 15.4 Å². The Kier molecular flexibility index (Phi) is 11.2. The molecule has 0 aliphatic heterocycles. The predicted molar refractivity (Wildman–Crippen MR) is 104 cm³/mol. The monoisotopic (exact) mass is 347 g/mol. The SMILES string of the molecule is CCNC(=NCC(C)c1ccccc1)NCCCCCCC(=O)OC. The number of nitrogens with one attached hydrogen (secondary N) is 2. The molecule has 0 aliphatic carbocycles. The van der Waals surface area contributed by atoms with Crippen LogP contribution in [-0.2, 0) is 9.53 Å². The van der Waals surface area contributed by atoms with Crippen molar-refractivity contribution < 1.29 is 9.53 Å². The normalized spacial score (nSPS) is 12.5. The average molecular weight is 348 g/mol. The highest BCUT2D eigenvalue weighted by Crippen LogP contribution is 2.14. The number of carbonyl (C=O) groups excluding carboxylic acids is 1. The number of benzene rings is 1. The van der Waals surface area contributed by atoms with Gasteiger partial charge in [-0.1, -0.05) is 50.1 Å². The van der Waals surface area contributed by atoms with Gasteiger partial charge in [-0.2, -0.15) is 0 Å². The van der Waals surface area contributed by atoms with Crippen LogP contribution in [0.5, 0.6) is 0 Å². The lowest BCUT2D eigenvalue weighted by molar-refractivity contribution is -0.140. The van der Waals surface area contributed by atoms with Crippen molar-refractivity contribution >= 4 is 11.9 Å². The number of hydrogen-bond acceptors (Lipinski definition) is 3. The minimum absolute atomic E-state index is 0.118. The van der Waals surface area contributed by atoms with Crippen molar-refractivity contribution in [2.75, 3.05) is 26.7 Å². The van der Waals surface area contributed by atoms with Gasteiger partial charge >= 0.3 is 5.97 Å². The molecule has 0 radical (unpaired) electrons. The number of aliphatic imine (C=N–C) groups is 1. The van der Waals surface area contributed by atoms with Crippen LogP contribution >= 0.6 is 0 Å². The third-order valence-corrected chi connectivity index (χ3v) is 4.06. The summed E-state index contributed by atoms with van der Waals surface area (Å²) in [4.78, 5) is 15.7. The van der Waals surface area contributed by atoms with E-state index < -0.39 is 0 Å². The summed E-state index contributed by atoms with van der Waals surface area (Å²) in [6, 6.07) is 10.5. The van der Waals surface area contributed by atoms with Crippen LogP contribution in [0.1, 0.15) is 57.4 Å². The fourth-order valence-electron chi connectivity index (χ4n) is 2.51. The van der Waals surface area contributed by atoms with Crippen LogP contribution in [0.15, 0.2) is 35.3 Å². The van der Waals surface area contributed by atoms with Gasteiger partial charge in [0, 0.05) is 32.0 Å². The molecule has 1 unspecified atom stereocenters. The van der Waals surface area contributed by atoms with E-state index in [4.69, 9.17) is 4.99 Å². The number of rotatable bonds is 11. The minimum atomic E-state index is -0.118. The Morgan fingerprint density at radius 2 is 1.84 bits per heavy atom. The van der Waals surface area contributed by atoms with Gasteiger partial charge in [0.05, 0.1) is 7.11 Å². The van der Waals surface area contributed by atoms with Crippen molar-refractivity contribution in [1.29, 1.82) is 0 Å². The molecule has 0 fully saturated rings. The second-order valence-electron chi connectivity index (χ2n) is 6.20. The van der Waals surface area contributed by atoms with Crippen molar-refractivity contribution in [2.24, 2.45) is 4.99 Å². The number of unbranched alkanes of at least 4 members (excludes halogenated alkanes) is 3. The number of ether oxygens (including phenoxy) is 1. The maximum absolute atomic E-state index is 11.0. The van der Waals surface area contributed by atoms with Gasteiger partial charge in [0.2, 0.25) is 0 Å². The number of esters is 1. The summed E-state index contributed by atoms with van der Waals surface area (Å²) in [6.45, 7) is 6.78. The first-order chi connectivity index (χ1) is 12.2. The number of guanidine groups is 1. The first-order valence-corrected chi connectivity index (χ1v) is 9.31. The topological polar surface area (TPSA) is 62.7 Å². The van der Waals surface area contributed by atoms with E-state index in [1.54, 1.807) is 0 Å². The maximum atomic E-state index is 11.0. The molecule has 1 aromatic carbocycles. The molecule has 1 rings (SSSR count). The Bertz CT molecular complexity index is 503. The van der Waals surface area contributed by atoms with E-state index in [1.807, 2.05) is 6.07 Å². The van der Waals surface area contributed by atoms with Crippen LogP contribution in [0, 0.1) is 0 Å². The highest BCUT2D eigenvalue weighted by atomic mass is 16.5. The third-order valence-electron chi connectivity index (χ3n) is 4.06. The number of hydrogen-bond donors (Lipinski definition) is 2. The number of methoxy groups -OCH3 is 1. The Hall–Kier alpha value is -2.04. The summed E-state index contributed by atoms with van der Waals surface area (Å²) in [5, 5.41) is 6.68. The van der Waals surface area contributed by atoms with Gasteiger partial charge in [-0.05, 0) is 25.3 Å². The lowest BCUT2D eigenvalue weighted by Crippen LogP contribution is -2.38. The van der Waals surface area contributed by atoms with Crippen LogP contribution in [0.3, 0.4) is 0 Å². The van der Waals surface area contributed by atoms with E-state index in [-0.39, 0.29) is 5.97 Å². The van der Waals surface area contributed by atoms with Crippen LogP contribution in [0.25, 0.3) is 0 Å². The lowest BCUT2D eigenvalue weighted by Gasteiger charge is -2.13. The summed E-state index contributed by atoms with van der Waals surface area (Å²) in [6.07, 6.45) is 4.64. The standard InChI is InChI=1S/C20H33N3O2/c1-4-21-20(22-15-11-6-5-10-14-19(24)25-3)23-16-17(2)18-12-8-7-9-13-18/h7-9,12-13,17H,4-6,10-11,14-16H2,1-3H3,(H2,21,22,23). The van der Waals surface area contributed by atoms with E-state index in [0.717, 1.165) is 51.3 Å². The van der Waals surface area contributed by atoms with Crippen molar-refractivity contribution in [3.8, 4) is 0 Å². The zero-order chi connectivity index (χ0) is 18.3. The molecule has 140 valence electrons. The molecule has 0 aromatic heterocycles. The molecular formula is C20H33N3O2. The van der Waals surface area contributed by atoms with Crippen molar-refractivity contribution in [3.05, 3.63) is 35.9 Å². The van der Waals surface area contributed by atoms with Crippen molar-refractivity contribution in [2.45, 2.75) is 51.9 Å². The van der Waals surface area contributed by atoms with E-state index in [2.05, 4.69) is 53.5 Å². The molecule has 1 atom stereocenters. The van der Waals surface area contributed by atoms with Gasteiger partial charge in [-0.15, -0.1) is 0 Å². The van der Waals surface area contributed by atoms with Crippen LogP contribution < -0.4 is 10.6 Å². The highest BCUT2D eigenvalue weighted by molar-refractivity contribution is 5.79. The summed E-state index contributed by atoms with van der Waals surface area (Å²) in [5.41, 5.74) is 1.31. The largest absolute Gasteiger partial charge is 0.469 e. The predicted octanol–water partition coefficient (Wildman–Crippen LogP) is 3.47.